The molecule has 19 heavy (non-hydrogen) atoms. The monoisotopic (exact) mass is 253 g/mol. The van der Waals surface area contributed by atoms with E-state index in [-0.39, 0.29) is 5.91 Å². The second-order valence-corrected chi connectivity index (χ2v) is 4.72. The van der Waals surface area contributed by atoms with E-state index in [0.717, 1.165) is 12.0 Å². The molecular weight excluding hydrogens is 234 g/mol. The fourth-order valence-corrected chi connectivity index (χ4v) is 2.00. The van der Waals surface area contributed by atoms with Crippen LogP contribution in [0.1, 0.15) is 34.0 Å². The maximum absolute atomic E-state index is 12.0. The van der Waals surface area contributed by atoms with Crippen LogP contribution in [-0.2, 0) is 13.0 Å². The number of nitrogens with one attached hydrogen (secondary N) is 1. The number of amides is 1. The predicted molar refractivity (Wildman–Crippen MR) is 78.2 cm³/mol. The highest BCUT2D eigenvalue weighted by Gasteiger charge is 2.04. The van der Waals surface area contributed by atoms with E-state index in [1.165, 1.54) is 11.1 Å². The third-order valence-electron chi connectivity index (χ3n) is 3.16. The second kappa shape index (κ2) is 6.19. The molecule has 2 aromatic rings. The van der Waals surface area contributed by atoms with Crippen LogP contribution in [0.5, 0.6) is 0 Å². The van der Waals surface area contributed by atoms with E-state index in [4.69, 9.17) is 0 Å². The third kappa shape index (κ3) is 3.68. The van der Waals surface area contributed by atoms with Crippen LogP contribution in [-0.4, -0.2) is 5.91 Å². The third-order valence-corrected chi connectivity index (χ3v) is 3.16. The van der Waals surface area contributed by atoms with Crippen molar-refractivity contribution in [2.24, 2.45) is 0 Å². The summed E-state index contributed by atoms with van der Waals surface area (Å²) in [5.74, 6) is -0.0239. The second-order valence-electron chi connectivity index (χ2n) is 4.72. The number of carbonyl (C=O) groups excluding carboxylic acids is 1. The molecule has 0 aromatic heterocycles. The molecule has 0 aliphatic rings. The maximum Gasteiger partial charge on any atom is 0.251 e. The molecule has 0 unspecified atom stereocenters. The molecule has 0 aliphatic carbocycles. The van der Waals surface area contributed by atoms with Crippen molar-refractivity contribution in [1.82, 2.24) is 5.32 Å². The van der Waals surface area contributed by atoms with Gasteiger partial charge in [0.15, 0.2) is 0 Å². The van der Waals surface area contributed by atoms with E-state index in [9.17, 15) is 4.79 Å². The highest BCUT2D eigenvalue weighted by Crippen LogP contribution is 2.07. The molecule has 2 heteroatoms. The van der Waals surface area contributed by atoms with Gasteiger partial charge in [0.05, 0.1) is 0 Å². The van der Waals surface area contributed by atoms with Gasteiger partial charge in [0.1, 0.15) is 0 Å². The first-order valence-corrected chi connectivity index (χ1v) is 6.61. The van der Waals surface area contributed by atoms with Crippen LogP contribution in [0.25, 0.3) is 0 Å². The molecule has 0 spiro atoms. The summed E-state index contributed by atoms with van der Waals surface area (Å²) in [6.07, 6.45) is 0.991. The molecule has 0 saturated heterocycles. The summed E-state index contributed by atoms with van der Waals surface area (Å²) in [5, 5.41) is 2.94. The highest BCUT2D eigenvalue weighted by molar-refractivity contribution is 5.94. The number of rotatable bonds is 4. The van der Waals surface area contributed by atoms with Crippen LogP contribution in [0.2, 0.25) is 0 Å². The van der Waals surface area contributed by atoms with Gasteiger partial charge in [-0.05, 0) is 36.6 Å². The minimum absolute atomic E-state index is 0.0239. The average Bonchev–Trinajstić information content (AvgIpc) is 2.45. The van der Waals surface area contributed by atoms with Crippen LogP contribution in [0.4, 0.5) is 0 Å². The molecule has 0 heterocycles. The Kier molecular flexibility index (Phi) is 4.35. The van der Waals surface area contributed by atoms with E-state index in [1.54, 1.807) is 0 Å². The van der Waals surface area contributed by atoms with Gasteiger partial charge in [-0.3, -0.25) is 4.79 Å². The molecule has 2 aromatic carbocycles. The van der Waals surface area contributed by atoms with Crippen molar-refractivity contribution >= 4 is 5.91 Å². The van der Waals surface area contributed by atoms with Crippen LogP contribution >= 0.6 is 0 Å². The summed E-state index contributed by atoms with van der Waals surface area (Å²) in [7, 11) is 0. The van der Waals surface area contributed by atoms with Crippen LogP contribution in [0.3, 0.4) is 0 Å². The lowest BCUT2D eigenvalue weighted by Gasteiger charge is -2.06. The first kappa shape index (κ1) is 13.3. The maximum atomic E-state index is 12.0. The van der Waals surface area contributed by atoms with Crippen LogP contribution < -0.4 is 5.32 Å². The van der Waals surface area contributed by atoms with E-state index < -0.39 is 0 Å². The van der Waals surface area contributed by atoms with Crippen molar-refractivity contribution in [3.05, 3.63) is 70.8 Å². The summed E-state index contributed by atoms with van der Waals surface area (Å²) in [5.41, 5.74) is 4.29. The minimum Gasteiger partial charge on any atom is -0.348 e. The van der Waals surface area contributed by atoms with Gasteiger partial charge in [-0.1, -0.05) is 48.9 Å². The van der Waals surface area contributed by atoms with Gasteiger partial charge in [-0.2, -0.15) is 0 Å². The van der Waals surface area contributed by atoms with E-state index in [1.807, 2.05) is 36.4 Å². The van der Waals surface area contributed by atoms with Crippen LogP contribution in [0, 0.1) is 6.92 Å². The molecule has 2 rings (SSSR count). The number of hydrogen-bond acceptors (Lipinski definition) is 1. The van der Waals surface area contributed by atoms with Gasteiger partial charge < -0.3 is 5.32 Å². The lowest BCUT2D eigenvalue weighted by atomic mass is 10.1. The fraction of sp³-hybridized carbons (Fsp3) is 0.235. The van der Waals surface area contributed by atoms with Gasteiger partial charge in [0.25, 0.3) is 5.91 Å². The number of benzene rings is 2. The van der Waals surface area contributed by atoms with Crippen molar-refractivity contribution in [2.45, 2.75) is 26.8 Å². The largest absolute Gasteiger partial charge is 0.348 e. The van der Waals surface area contributed by atoms with Crippen molar-refractivity contribution in [1.29, 1.82) is 0 Å². The van der Waals surface area contributed by atoms with Crippen molar-refractivity contribution in [3.8, 4) is 0 Å². The smallest absolute Gasteiger partial charge is 0.251 e. The first-order valence-electron chi connectivity index (χ1n) is 6.61. The van der Waals surface area contributed by atoms with Crippen LogP contribution in [0.15, 0.2) is 48.5 Å². The Morgan fingerprint density at radius 3 is 2.42 bits per heavy atom. The quantitative estimate of drug-likeness (QED) is 0.888. The number of aryl methyl sites for hydroxylation is 2. The van der Waals surface area contributed by atoms with Crippen molar-refractivity contribution in [2.75, 3.05) is 0 Å². The predicted octanol–water partition coefficient (Wildman–Crippen LogP) is 3.49. The summed E-state index contributed by atoms with van der Waals surface area (Å²) in [6.45, 7) is 4.72. The average molecular weight is 253 g/mol. The minimum atomic E-state index is -0.0239. The van der Waals surface area contributed by atoms with Gasteiger partial charge in [-0.25, -0.2) is 0 Å². The molecule has 0 radical (unpaired) electrons. The summed E-state index contributed by atoms with van der Waals surface area (Å²) >= 11 is 0. The van der Waals surface area contributed by atoms with E-state index >= 15 is 0 Å². The summed E-state index contributed by atoms with van der Waals surface area (Å²) in [4.78, 5) is 12.0. The molecule has 0 bridgehead atoms. The molecule has 0 fully saturated rings. The Bertz CT molecular complexity index is 558. The van der Waals surface area contributed by atoms with Crippen molar-refractivity contribution < 1.29 is 4.79 Å². The molecule has 0 atom stereocenters. The zero-order valence-corrected chi connectivity index (χ0v) is 11.4. The van der Waals surface area contributed by atoms with Gasteiger partial charge in [-0.15, -0.1) is 0 Å². The summed E-state index contributed by atoms with van der Waals surface area (Å²) < 4.78 is 0. The molecule has 98 valence electrons. The zero-order chi connectivity index (χ0) is 13.7. The zero-order valence-electron chi connectivity index (χ0n) is 11.4. The molecule has 0 saturated carbocycles. The Balaban J connectivity index is 1.97. The first-order chi connectivity index (χ1) is 9.19. The number of hydrogen-bond donors (Lipinski definition) is 1. The standard InChI is InChI=1S/C17H19NO/c1-3-14-7-9-16(10-8-14)17(19)18-12-15-6-4-5-13(2)11-15/h4-11H,3,12H2,1-2H3,(H,18,19). The SMILES string of the molecule is CCc1ccc(C(=O)NCc2cccc(C)c2)cc1. The highest BCUT2D eigenvalue weighted by atomic mass is 16.1. The Labute approximate surface area is 114 Å². The molecule has 1 amide bonds. The van der Waals surface area contributed by atoms with Gasteiger partial charge >= 0.3 is 0 Å². The van der Waals surface area contributed by atoms with E-state index in [2.05, 4.69) is 31.3 Å². The molecule has 0 aliphatic heterocycles. The summed E-state index contributed by atoms with van der Waals surface area (Å²) in [6, 6.07) is 15.9. The van der Waals surface area contributed by atoms with E-state index in [0.29, 0.717) is 12.1 Å². The van der Waals surface area contributed by atoms with Gasteiger partial charge in [0.2, 0.25) is 0 Å². The van der Waals surface area contributed by atoms with Gasteiger partial charge in [0, 0.05) is 12.1 Å². The number of carbonyl (C=O) groups is 1. The molecular formula is C17H19NO. The lowest BCUT2D eigenvalue weighted by molar-refractivity contribution is 0.0951. The Hall–Kier alpha value is -2.09. The Morgan fingerprint density at radius 2 is 1.79 bits per heavy atom. The normalized spacial score (nSPS) is 10.2. The molecule has 1 N–H and O–H groups in total. The lowest BCUT2D eigenvalue weighted by Crippen LogP contribution is -2.22. The fourth-order valence-electron chi connectivity index (χ4n) is 2.00. The molecule has 2 nitrogen and oxygen atoms in total. The topological polar surface area (TPSA) is 29.1 Å². The van der Waals surface area contributed by atoms with Crippen molar-refractivity contribution in [3.63, 3.8) is 0 Å². The Morgan fingerprint density at radius 1 is 1.05 bits per heavy atom.